The summed E-state index contributed by atoms with van der Waals surface area (Å²) in [5.41, 5.74) is 5.59. The molecule has 0 aromatic rings. The highest BCUT2D eigenvalue weighted by Crippen LogP contribution is 2.13. The maximum Gasteiger partial charge on any atom is 0.242 e. The van der Waals surface area contributed by atoms with Crippen LogP contribution in [0.15, 0.2) is 12.2 Å². The first-order valence-electron chi connectivity index (χ1n) is 20.2. The fraction of sp³-hybridized carbons (Fsp3) is 0.875. The van der Waals surface area contributed by atoms with E-state index in [0.29, 0.717) is 25.9 Å². The van der Waals surface area contributed by atoms with Crippen LogP contribution in [-0.4, -0.2) is 48.9 Å². The summed E-state index contributed by atoms with van der Waals surface area (Å²) in [5.74, 6) is -0.231. The van der Waals surface area contributed by atoms with Gasteiger partial charge in [0, 0.05) is 26.6 Å². The number of amides is 2. The van der Waals surface area contributed by atoms with Crippen LogP contribution in [0, 0.1) is 5.41 Å². The van der Waals surface area contributed by atoms with Gasteiger partial charge in [0.2, 0.25) is 11.8 Å². The summed E-state index contributed by atoms with van der Waals surface area (Å²) < 4.78 is 0. The number of hydrogen-bond acceptors (Lipinski definition) is 3. The summed E-state index contributed by atoms with van der Waals surface area (Å²) >= 11 is 0. The second-order valence-corrected chi connectivity index (χ2v) is 13.9. The summed E-state index contributed by atoms with van der Waals surface area (Å²) in [4.78, 5) is 27.3. The van der Waals surface area contributed by atoms with Crippen LogP contribution >= 0.6 is 0 Å². The van der Waals surface area contributed by atoms with E-state index in [1.54, 1.807) is 11.9 Å². The number of nitrogens with one attached hydrogen (secondary N) is 3. The molecule has 0 aromatic heterocycles. The lowest BCUT2D eigenvalue weighted by atomic mass is 10.0. The van der Waals surface area contributed by atoms with Crippen molar-refractivity contribution < 1.29 is 9.59 Å². The van der Waals surface area contributed by atoms with Gasteiger partial charge in [-0.3, -0.25) is 15.0 Å². The number of carbonyl (C=O) groups is 2. The molecule has 0 aliphatic heterocycles. The number of rotatable bonds is 35. The normalized spacial score (nSPS) is 12.0. The summed E-state index contributed by atoms with van der Waals surface area (Å²) in [6.45, 7) is 5.62. The van der Waals surface area contributed by atoms with Crippen molar-refractivity contribution in [1.82, 2.24) is 15.5 Å². The standard InChI is InChI=1S/C40H79N5O2/c1-4-6-8-10-12-14-16-18-20-21-23-25-27-29-31-33-38(46)44-37(34-36-45(3)40(41)42)39(47)43-35-32-30-28-26-24-22-19-17-15-13-11-9-7-5-2/h18,20,37H,4-17,19,21-36H2,1-3H3,(H3,41,42)(H,43,47)(H,44,46)/b20-18-/t37-/m0/s1. The first-order valence-corrected chi connectivity index (χ1v) is 20.2. The fourth-order valence-corrected chi connectivity index (χ4v) is 5.99. The third-order valence-corrected chi connectivity index (χ3v) is 9.31. The average Bonchev–Trinajstić information content (AvgIpc) is 3.06. The molecule has 0 aromatic carbocycles. The van der Waals surface area contributed by atoms with Crippen molar-refractivity contribution in [2.75, 3.05) is 20.1 Å². The van der Waals surface area contributed by atoms with Crippen molar-refractivity contribution in [1.29, 1.82) is 5.41 Å². The molecule has 0 spiro atoms. The Labute approximate surface area is 291 Å². The van der Waals surface area contributed by atoms with Crippen molar-refractivity contribution in [3.8, 4) is 0 Å². The molecule has 0 radical (unpaired) electrons. The van der Waals surface area contributed by atoms with Crippen LogP contribution in [0.25, 0.3) is 0 Å². The lowest BCUT2D eigenvalue weighted by Crippen LogP contribution is -2.49. The van der Waals surface area contributed by atoms with Gasteiger partial charge in [0.1, 0.15) is 6.04 Å². The summed E-state index contributed by atoms with van der Waals surface area (Å²) in [7, 11) is 1.74. The van der Waals surface area contributed by atoms with Gasteiger partial charge in [-0.15, -0.1) is 0 Å². The predicted molar refractivity (Wildman–Crippen MR) is 204 cm³/mol. The van der Waals surface area contributed by atoms with Crippen LogP contribution in [0.1, 0.15) is 200 Å². The van der Waals surface area contributed by atoms with Crippen LogP contribution in [0.3, 0.4) is 0 Å². The van der Waals surface area contributed by atoms with Gasteiger partial charge in [0.15, 0.2) is 5.96 Å². The Hall–Kier alpha value is -2.05. The molecule has 0 aliphatic carbocycles. The van der Waals surface area contributed by atoms with Gasteiger partial charge >= 0.3 is 0 Å². The van der Waals surface area contributed by atoms with Crippen molar-refractivity contribution in [3.63, 3.8) is 0 Å². The van der Waals surface area contributed by atoms with Gasteiger partial charge in [0.05, 0.1) is 0 Å². The van der Waals surface area contributed by atoms with Gasteiger partial charge < -0.3 is 21.3 Å². The van der Waals surface area contributed by atoms with E-state index in [2.05, 4.69) is 36.6 Å². The quantitative estimate of drug-likeness (QED) is 0.0234. The molecule has 2 amide bonds. The molecule has 7 heteroatoms. The van der Waals surface area contributed by atoms with E-state index in [4.69, 9.17) is 11.1 Å². The monoisotopic (exact) mass is 662 g/mol. The first kappa shape index (κ1) is 45.0. The maximum absolute atomic E-state index is 13.0. The Balaban J connectivity index is 4.04. The molecule has 5 N–H and O–H groups in total. The topological polar surface area (TPSA) is 111 Å². The number of guanidine groups is 1. The summed E-state index contributed by atoms with van der Waals surface area (Å²) in [6, 6.07) is -0.598. The summed E-state index contributed by atoms with van der Waals surface area (Å²) in [5, 5.41) is 13.6. The molecule has 7 nitrogen and oxygen atoms in total. The van der Waals surface area contributed by atoms with Crippen LogP contribution < -0.4 is 16.4 Å². The molecule has 0 rings (SSSR count). The lowest BCUT2D eigenvalue weighted by Gasteiger charge is -2.22. The largest absolute Gasteiger partial charge is 0.370 e. The van der Waals surface area contributed by atoms with Crippen LogP contribution in [0.5, 0.6) is 0 Å². The van der Waals surface area contributed by atoms with Crippen molar-refractivity contribution >= 4 is 17.8 Å². The van der Waals surface area contributed by atoms with Crippen molar-refractivity contribution in [2.45, 2.75) is 206 Å². The zero-order chi connectivity index (χ0) is 34.6. The van der Waals surface area contributed by atoms with E-state index in [-0.39, 0.29) is 17.8 Å². The van der Waals surface area contributed by atoms with Gasteiger partial charge in [-0.05, 0) is 44.9 Å². The van der Waals surface area contributed by atoms with Crippen molar-refractivity contribution in [2.24, 2.45) is 5.73 Å². The molecule has 0 saturated heterocycles. The average molecular weight is 662 g/mol. The van der Waals surface area contributed by atoms with E-state index in [9.17, 15) is 9.59 Å². The Kier molecular flexibility index (Phi) is 33.7. The Bertz CT molecular complexity index is 757. The van der Waals surface area contributed by atoms with E-state index < -0.39 is 6.04 Å². The Morgan fingerprint density at radius 2 is 1.04 bits per heavy atom. The number of unbranched alkanes of at least 4 members (excludes halogenated alkanes) is 24. The zero-order valence-corrected chi connectivity index (χ0v) is 31.5. The van der Waals surface area contributed by atoms with Gasteiger partial charge in [0.25, 0.3) is 0 Å². The molecule has 47 heavy (non-hydrogen) atoms. The smallest absolute Gasteiger partial charge is 0.242 e. The molecule has 0 bridgehead atoms. The van der Waals surface area contributed by atoms with E-state index in [1.807, 2.05) is 0 Å². The Morgan fingerprint density at radius 3 is 1.49 bits per heavy atom. The zero-order valence-electron chi connectivity index (χ0n) is 31.5. The molecule has 276 valence electrons. The van der Waals surface area contributed by atoms with Gasteiger partial charge in [-0.1, -0.05) is 161 Å². The highest BCUT2D eigenvalue weighted by Gasteiger charge is 2.21. The molecular weight excluding hydrogens is 582 g/mol. The van der Waals surface area contributed by atoms with Gasteiger partial charge in [-0.25, -0.2) is 0 Å². The molecular formula is C40H79N5O2. The number of hydrogen-bond donors (Lipinski definition) is 4. The number of nitrogens with two attached hydrogens (primary N) is 1. The highest BCUT2D eigenvalue weighted by atomic mass is 16.2. The number of carbonyl (C=O) groups excluding carboxylic acids is 2. The second kappa shape index (κ2) is 35.3. The van der Waals surface area contributed by atoms with Crippen LogP contribution in [0.4, 0.5) is 0 Å². The fourth-order valence-electron chi connectivity index (χ4n) is 5.99. The minimum atomic E-state index is -0.598. The highest BCUT2D eigenvalue weighted by molar-refractivity contribution is 5.87. The molecule has 0 saturated carbocycles. The summed E-state index contributed by atoms with van der Waals surface area (Å²) in [6.07, 6.45) is 39.8. The van der Waals surface area contributed by atoms with E-state index in [0.717, 1.165) is 38.5 Å². The van der Waals surface area contributed by atoms with Gasteiger partial charge in [-0.2, -0.15) is 0 Å². The van der Waals surface area contributed by atoms with Crippen molar-refractivity contribution in [3.05, 3.63) is 12.2 Å². The minimum absolute atomic E-state index is 0.0359. The number of allylic oxidation sites excluding steroid dienone is 2. The third kappa shape index (κ3) is 32.3. The van der Waals surface area contributed by atoms with E-state index in [1.165, 1.54) is 135 Å². The first-order chi connectivity index (χ1) is 22.9. The Morgan fingerprint density at radius 1 is 0.638 bits per heavy atom. The molecule has 0 fully saturated rings. The predicted octanol–water partition coefficient (Wildman–Crippen LogP) is 10.3. The molecule has 0 heterocycles. The minimum Gasteiger partial charge on any atom is -0.370 e. The lowest BCUT2D eigenvalue weighted by molar-refractivity contribution is -0.129. The van der Waals surface area contributed by atoms with Crippen LogP contribution in [-0.2, 0) is 9.59 Å². The van der Waals surface area contributed by atoms with E-state index >= 15 is 0 Å². The third-order valence-electron chi connectivity index (χ3n) is 9.31. The molecule has 1 atom stereocenters. The SMILES string of the molecule is CCCCCCCC/C=C\CCCCCCCC(=O)N[C@@H](CCN(C)C(=N)N)C(=O)NCCCCCCCCCCCCCCCC. The number of nitrogens with zero attached hydrogens (tertiary/aromatic N) is 1. The molecule has 0 aliphatic rings. The second-order valence-electron chi connectivity index (χ2n) is 13.9. The molecule has 0 unspecified atom stereocenters. The maximum atomic E-state index is 13.0. The van der Waals surface area contributed by atoms with Crippen LogP contribution in [0.2, 0.25) is 0 Å².